The van der Waals surface area contributed by atoms with E-state index >= 15 is 0 Å². The van der Waals surface area contributed by atoms with Gasteiger partial charge in [-0.05, 0) is 18.2 Å². The molecule has 0 bridgehead atoms. The first kappa shape index (κ1) is 15.0. The molecular formula is C13H10F4N2O2. The Morgan fingerprint density at radius 2 is 2.00 bits per heavy atom. The van der Waals surface area contributed by atoms with Crippen LogP contribution in [0.15, 0.2) is 24.4 Å². The molecule has 0 N–H and O–H groups in total. The van der Waals surface area contributed by atoms with Crippen molar-refractivity contribution in [1.29, 1.82) is 0 Å². The normalized spacial score (nSPS) is 11.5. The third-order valence-electron chi connectivity index (χ3n) is 2.80. The molecule has 2 rings (SSSR count). The van der Waals surface area contributed by atoms with Crippen LogP contribution in [0.3, 0.4) is 0 Å². The second-order valence-corrected chi connectivity index (χ2v) is 4.24. The molecule has 1 aromatic heterocycles. The van der Waals surface area contributed by atoms with Crippen LogP contribution in [-0.4, -0.2) is 22.6 Å². The summed E-state index contributed by atoms with van der Waals surface area (Å²) in [7, 11) is 2.47. The van der Waals surface area contributed by atoms with Crippen molar-refractivity contribution in [1.82, 2.24) is 9.55 Å². The lowest BCUT2D eigenvalue weighted by Gasteiger charge is -2.05. The summed E-state index contributed by atoms with van der Waals surface area (Å²) in [6.45, 7) is 0. The maximum atomic E-state index is 14.0. The van der Waals surface area contributed by atoms with Crippen molar-refractivity contribution in [3.05, 3.63) is 41.5 Å². The third-order valence-corrected chi connectivity index (χ3v) is 2.80. The summed E-state index contributed by atoms with van der Waals surface area (Å²) in [4.78, 5) is 14.6. The molecule has 0 saturated carbocycles. The Kier molecular flexibility index (Phi) is 3.71. The number of aryl methyl sites for hydroxylation is 1. The van der Waals surface area contributed by atoms with Crippen molar-refractivity contribution in [3.8, 4) is 11.4 Å². The fourth-order valence-electron chi connectivity index (χ4n) is 1.79. The van der Waals surface area contributed by atoms with Gasteiger partial charge in [0.1, 0.15) is 11.6 Å². The second-order valence-electron chi connectivity index (χ2n) is 4.24. The molecule has 2 aromatic rings. The molecule has 0 aliphatic carbocycles. The highest BCUT2D eigenvalue weighted by molar-refractivity contribution is 5.89. The summed E-state index contributed by atoms with van der Waals surface area (Å²) in [6, 6.07) is 3.33. The highest BCUT2D eigenvalue weighted by Crippen LogP contribution is 2.31. The SMILES string of the molecule is COC(=O)c1ccc(-c2nc(C(F)(F)F)cn2C)c(F)c1. The third kappa shape index (κ3) is 2.88. The van der Waals surface area contributed by atoms with Crippen LogP contribution in [0.4, 0.5) is 17.6 Å². The number of imidazole rings is 1. The van der Waals surface area contributed by atoms with Gasteiger partial charge in [-0.1, -0.05) is 0 Å². The topological polar surface area (TPSA) is 44.1 Å². The van der Waals surface area contributed by atoms with Gasteiger partial charge < -0.3 is 9.30 Å². The molecule has 0 saturated heterocycles. The molecule has 0 amide bonds. The summed E-state index contributed by atoms with van der Waals surface area (Å²) in [5, 5.41) is 0. The molecule has 0 fully saturated rings. The van der Waals surface area contributed by atoms with E-state index in [1.54, 1.807) is 0 Å². The van der Waals surface area contributed by atoms with E-state index in [1.807, 2.05) is 0 Å². The minimum atomic E-state index is -4.61. The maximum absolute atomic E-state index is 14.0. The monoisotopic (exact) mass is 302 g/mol. The number of methoxy groups -OCH3 is 1. The molecule has 0 radical (unpaired) electrons. The number of ether oxygens (including phenoxy) is 1. The molecule has 1 heterocycles. The summed E-state index contributed by atoms with van der Waals surface area (Å²) < 4.78 is 57.2. The molecule has 1 aromatic carbocycles. The molecular weight excluding hydrogens is 292 g/mol. The minimum absolute atomic E-state index is 0.0380. The number of carbonyl (C=O) groups excluding carboxylic acids is 1. The van der Waals surface area contributed by atoms with Crippen LogP contribution in [0.25, 0.3) is 11.4 Å². The largest absolute Gasteiger partial charge is 0.465 e. The van der Waals surface area contributed by atoms with Crippen molar-refractivity contribution in [3.63, 3.8) is 0 Å². The average molecular weight is 302 g/mol. The van der Waals surface area contributed by atoms with Gasteiger partial charge in [0, 0.05) is 13.2 Å². The molecule has 112 valence electrons. The molecule has 0 atom stereocenters. The van der Waals surface area contributed by atoms with E-state index in [0.29, 0.717) is 0 Å². The van der Waals surface area contributed by atoms with Gasteiger partial charge in [0.2, 0.25) is 0 Å². The van der Waals surface area contributed by atoms with Crippen molar-refractivity contribution in [2.24, 2.45) is 7.05 Å². The molecule has 0 aliphatic heterocycles. The number of carbonyl (C=O) groups is 1. The van der Waals surface area contributed by atoms with E-state index in [4.69, 9.17) is 0 Å². The number of halogens is 4. The number of benzene rings is 1. The number of nitrogens with zero attached hydrogens (tertiary/aromatic N) is 2. The lowest BCUT2D eigenvalue weighted by molar-refractivity contribution is -0.140. The smallest absolute Gasteiger partial charge is 0.434 e. The number of hydrogen-bond acceptors (Lipinski definition) is 3. The molecule has 21 heavy (non-hydrogen) atoms. The van der Waals surface area contributed by atoms with E-state index < -0.39 is 23.7 Å². The number of esters is 1. The van der Waals surface area contributed by atoms with Crippen molar-refractivity contribution < 1.29 is 27.1 Å². The summed E-state index contributed by atoms with van der Waals surface area (Å²) in [5.74, 6) is -1.78. The summed E-state index contributed by atoms with van der Waals surface area (Å²) in [5.41, 5.74) is -1.29. The quantitative estimate of drug-likeness (QED) is 0.632. The van der Waals surface area contributed by atoms with Crippen LogP contribution in [0.1, 0.15) is 16.1 Å². The lowest BCUT2D eigenvalue weighted by Crippen LogP contribution is -2.05. The molecule has 0 unspecified atom stereocenters. The Morgan fingerprint density at radius 1 is 1.33 bits per heavy atom. The van der Waals surface area contributed by atoms with Gasteiger partial charge in [0.05, 0.1) is 18.2 Å². The van der Waals surface area contributed by atoms with Crippen molar-refractivity contribution >= 4 is 5.97 Å². The fourth-order valence-corrected chi connectivity index (χ4v) is 1.79. The summed E-state index contributed by atoms with van der Waals surface area (Å²) >= 11 is 0. The Balaban J connectivity index is 2.48. The predicted octanol–water partition coefficient (Wildman–Crippen LogP) is 3.03. The van der Waals surface area contributed by atoms with E-state index in [0.717, 1.165) is 23.9 Å². The molecule has 0 spiro atoms. The van der Waals surface area contributed by atoms with Crippen LogP contribution < -0.4 is 0 Å². The van der Waals surface area contributed by atoms with Crippen LogP contribution >= 0.6 is 0 Å². The van der Waals surface area contributed by atoms with Gasteiger partial charge in [0.25, 0.3) is 0 Å². The Labute approximate surface area is 117 Å². The first-order chi connectivity index (χ1) is 9.74. The average Bonchev–Trinajstić information content (AvgIpc) is 2.79. The number of aromatic nitrogens is 2. The van der Waals surface area contributed by atoms with Gasteiger partial charge in [0.15, 0.2) is 5.69 Å². The second kappa shape index (κ2) is 5.19. The Hall–Kier alpha value is -2.38. The van der Waals surface area contributed by atoms with Crippen molar-refractivity contribution in [2.45, 2.75) is 6.18 Å². The zero-order valence-electron chi connectivity index (χ0n) is 11.0. The highest BCUT2D eigenvalue weighted by atomic mass is 19.4. The summed E-state index contributed by atoms with van der Waals surface area (Å²) in [6.07, 6.45) is -3.85. The molecule has 4 nitrogen and oxygen atoms in total. The van der Waals surface area contributed by atoms with E-state index in [1.165, 1.54) is 19.2 Å². The van der Waals surface area contributed by atoms with Gasteiger partial charge >= 0.3 is 12.1 Å². The van der Waals surface area contributed by atoms with Crippen LogP contribution in [0.2, 0.25) is 0 Å². The van der Waals surface area contributed by atoms with Gasteiger partial charge in [-0.15, -0.1) is 0 Å². The number of rotatable bonds is 2. The van der Waals surface area contributed by atoms with Gasteiger partial charge in [-0.2, -0.15) is 13.2 Å². The predicted molar refractivity (Wildman–Crippen MR) is 64.9 cm³/mol. The standard InChI is InChI=1S/C13H10F4N2O2/c1-19-6-10(13(15,16)17)18-11(19)8-4-3-7(5-9(8)14)12(20)21-2/h3-6H,1-2H3. The van der Waals surface area contributed by atoms with Gasteiger partial charge in [-0.3, -0.25) is 0 Å². The highest BCUT2D eigenvalue weighted by Gasteiger charge is 2.34. The first-order valence-electron chi connectivity index (χ1n) is 5.73. The van der Waals surface area contributed by atoms with Crippen LogP contribution in [0, 0.1) is 5.82 Å². The van der Waals surface area contributed by atoms with Crippen LogP contribution in [-0.2, 0) is 18.0 Å². The zero-order chi connectivity index (χ0) is 15.8. The fraction of sp³-hybridized carbons (Fsp3) is 0.231. The van der Waals surface area contributed by atoms with E-state index in [2.05, 4.69) is 9.72 Å². The molecule has 8 heteroatoms. The van der Waals surface area contributed by atoms with E-state index in [9.17, 15) is 22.4 Å². The zero-order valence-corrected chi connectivity index (χ0v) is 11.0. The Morgan fingerprint density at radius 3 is 2.48 bits per heavy atom. The van der Waals surface area contributed by atoms with Gasteiger partial charge in [-0.25, -0.2) is 14.2 Å². The lowest BCUT2D eigenvalue weighted by atomic mass is 10.1. The van der Waals surface area contributed by atoms with Crippen molar-refractivity contribution in [2.75, 3.05) is 7.11 Å². The number of hydrogen-bond donors (Lipinski definition) is 0. The van der Waals surface area contributed by atoms with E-state index in [-0.39, 0.29) is 17.0 Å². The first-order valence-corrected chi connectivity index (χ1v) is 5.73. The van der Waals surface area contributed by atoms with Crippen LogP contribution in [0.5, 0.6) is 0 Å². The Bertz CT molecular complexity index is 692. The maximum Gasteiger partial charge on any atom is 0.434 e. The minimum Gasteiger partial charge on any atom is -0.465 e. The molecule has 0 aliphatic rings. The number of alkyl halides is 3.